The SMILES string of the molecule is CCCCCOC=O.O=CO. The van der Waals surface area contributed by atoms with E-state index in [1.165, 1.54) is 6.42 Å². The van der Waals surface area contributed by atoms with Crippen LogP contribution in [0.25, 0.3) is 0 Å². The zero-order valence-electron chi connectivity index (χ0n) is 6.66. The number of carbonyl (C=O) groups excluding carboxylic acids is 1. The molecule has 1 N–H and O–H groups in total. The molecule has 0 saturated carbocycles. The van der Waals surface area contributed by atoms with E-state index < -0.39 is 0 Å². The molecule has 0 unspecified atom stereocenters. The van der Waals surface area contributed by atoms with E-state index in [1.54, 1.807) is 0 Å². The summed E-state index contributed by atoms with van der Waals surface area (Å²) in [5.41, 5.74) is 0. The van der Waals surface area contributed by atoms with Gasteiger partial charge in [0.05, 0.1) is 6.61 Å². The number of carbonyl (C=O) groups is 2. The summed E-state index contributed by atoms with van der Waals surface area (Å²) < 4.78 is 4.46. The van der Waals surface area contributed by atoms with Crippen LogP contribution in [0.2, 0.25) is 0 Å². The molecule has 0 heterocycles. The quantitative estimate of drug-likeness (QED) is 0.484. The van der Waals surface area contributed by atoms with Crippen LogP contribution >= 0.6 is 0 Å². The van der Waals surface area contributed by atoms with E-state index in [1.807, 2.05) is 0 Å². The molecule has 0 aliphatic carbocycles. The summed E-state index contributed by atoms with van der Waals surface area (Å²) in [4.78, 5) is 17.9. The minimum absolute atomic E-state index is 0.250. The van der Waals surface area contributed by atoms with Gasteiger partial charge >= 0.3 is 0 Å². The number of carboxylic acid groups (broad SMARTS) is 1. The zero-order chi connectivity index (χ0) is 8.95. The lowest BCUT2D eigenvalue weighted by Crippen LogP contribution is -1.89. The minimum atomic E-state index is -0.250. The van der Waals surface area contributed by atoms with Gasteiger partial charge in [-0.1, -0.05) is 19.8 Å². The molecule has 0 aromatic rings. The highest BCUT2D eigenvalue weighted by Gasteiger charge is 1.82. The van der Waals surface area contributed by atoms with Gasteiger partial charge in [-0.2, -0.15) is 0 Å². The van der Waals surface area contributed by atoms with Gasteiger partial charge in [0.25, 0.3) is 12.9 Å². The Balaban J connectivity index is 0. The van der Waals surface area contributed by atoms with Crippen molar-refractivity contribution in [2.75, 3.05) is 6.61 Å². The third kappa shape index (κ3) is 27.7. The Kier molecular flexibility index (Phi) is 18.3. The smallest absolute Gasteiger partial charge is 0.293 e. The van der Waals surface area contributed by atoms with Crippen molar-refractivity contribution < 1.29 is 19.4 Å². The summed E-state index contributed by atoms with van der Waals surface area (Å²) in [6.07, 6.45) is 3.31. The molecule has 0 rings (SSSR count). The lowest BCUT2D eigenvalue weighted by atomic mass is 10.3. The van der Waals surface area contributed by atoms with Gasteiger partial charge in [0.1, 0.15) is 0 Å². The number of rotatable bonds is 5. The Morgan fingerprint density at radius 1 is 1.36 bits per heavy atom. The summed E-state index contributed by atoms with van der Waals surface area (Å²) in [7, 11) is 0. The predicted molar refractivity (Wildman–Crippen MR) is 40.2 cm³/mol. The molecule has 0 radical (unpaired) electrons. The van der Waals surface area contributed by atoms with Crippen LogP contribution in [-0.4, -0.2) is 24.7 Å². The third-order valence-corrected chi connectivity index (χ3v) is 0.934. The molecule has 0 aliphatic rings. The van der Waals surface area contributed by atoms with Crippen molar-refractivity contribution in [2.45, 2.75) is 26.2 Å². The standard InChI is InChI=1S/C6H12O2.CH2O2/c1-2-3-4-5-8-6-7;2-1-3/h6H,2-5H2,1H3;1H,(H,2,3). The van der Waals surface area contributed by atoms with Crippen molar-refractivity contribution in [1.82, 2.24) is 0 Å². The van der Waals surface area contributed by atoms with E-state index >= 15 is 0 Å². The van der Waals surface area contributed by atoms with Gasteiger partial charge in [-0.05, 0) is 6.42 Å². The van der Waals surface area contributed by atoms with Gasteiger partial charge in [0.15, 0.2) is 0 Å². The molecule has 0 saturated heterocycles. The maximum atomic E-state index is 9.55. The Morgan fingerprint density at radius 2 is 1.91 bits per heavy atom. The molecule has 0 atom stereocenters. The second-order valence-electron chi connectivity index (χ2n) is 1.78. The lowest BCUT2D eigenvalue weighted by Gasteiger charge is -1.93. The highest BCUT2D eigenvalue weighted by atomic mass is 16.5. The molecule has 0 aromatic heterocycles. The number of ether oxygens (including phenoxy) is 1. The van der Waals surface area contributed by atoms with Gasteiger partial charge < -0.3 is 9.84 Å². The van der Waals surface area contributed by atoms with Crippen LogP contribution in [0.3, 0.4) is 0 Å². The molecule has 0 fully saturated rings. The lowest BCUT2D eigenvalue weighted by molar-refractivity contribution is -0.128. The van der Waals surface area contributed by atoms with Gasteiger partial charge in [0, 0.05) is 0 Å². The molecular weight excluding hydrogens is 148 g/mol. The highest BCUT2D eigenvalue weighted by Crippen LogP contribution is 1.91. The summed E-state index contributed by atoms with van der Waals surface area (Å²) in [6, 6.07) is 0. The first-order valence-corrected chi connectivity index (χ1v) is 3.46. The molecule has 11 heavy (non-hydrogen) atoms. The maximum Gasteiger partial charge on any atom is 0.293 e. The summed E-state index contributed by atoms with van der Waals surface area (Å²) in [5, 5.41) is 6.89. The highest BCUT2D eigenvalue weighted by molar-refractivity contribution is 5.36. The molecule has 0 spiro atoms. The van der Waals surface area contributed by atoms with Crippen molar-refractivity contribution in [1.29, 1.82) is 0 Å². The Labute approximate surface area is 66.2 Å². The van der Waals surface area contributed by atoms with Crippen LogP contribution in [0.4, 0.5) is 0 Å². The maximum absolute atomic E-state index is 9.55. The van der Waals surface area contributed by atoms with Crippen LogP contribution in [0, 0.1) is 0 Å². The van der Waals surface area contributed by atoms with Crippen molar-refractivity contribution in [2.24, 2.45) is 0 Å². The second-order valence-corrected chi connectivity index (χ2v) is 1.78. The fourth-order valence-electron chi connectivity index (χ4n) is 0.484. The molecule has 0 bridgehead atoms. The van der Waals surface area contributed by atoms with Crippen molar-refractivity contribution in [3.05, 3.63) is 0 Å². The topological polar surface area (TPSA) is 63.6 Å². The van der Waals surface area contributed by atoms with E-state index in [0.717, 1.165) is 12.8 Å². The van der Waals surface area contributed by atoms with Crippen LogP contribution in [0.5, 0.6) is 0 Å². The van der Waals surface area contributed by atoms with Crippen LogP contribution in [0.15, 0.2) is 0 Å². The average molecular weight is 162 g/mol. The fraction of sp³-hybridized carbons (Fsp3) is 0.714. The Hall–Kier alpha value is -1.06. The third-order valence-electron chi connectivity index (χ3n) is 0.934. The molecule has 0 amide bonds. The van der Waals surface area contributed by atoms with Crippen LogP contribution in [-0.2, 0) is 14.3 Å². The molecular formula is C7H14O4. The molecule has 0 aliphatic heterocycles. The van der Waals surface area contributed by atoms with E-state index in [2.05, 4.69) is 11.7 Å². The predicted octanol–water partition coefficient (Wildman–Crippen LogP) is 1.05. The van der Waals surface area contributed by atoms with Crippen molar-refractivity contribution >= 4 is 12.9 Å². The molecule has 66 valence electrons. The minimum Gasteiger partial charge on any atom is -0.483 e. The monoisotopic (exact) mass is 162 g/mol. The first-order chi connectivity index (χ1) is 5.33. The summed E-state index contributed by atoms with van der Waals surface area (Å²) in [6.45, 7) is 2.94. The fourth-order valence-corrected chi connectivity index (χ4v) is 0.484. The first-order valence-electron chi connectivity index (χ1n) is 3.46. The van der Waals surface area contributed by atoms with E-state index in [-0.39, 0.29) is 6.47 Å². The van der Waals surface area contributed by atoms with Gasteiger partial charge in [-0.15, -0.1) is 0 Å². The Morgan fingerprint density at radius 3 is 2.27 bits per heavy atom. The van der Waals surface area contributed by atoms with Gasteiger partial charge in [-0.3, -0.25) is 9.59 Å². The summed E-state index contributed by atoms with van der Waals surface area (Å²) in [5.74, 6) is 0. The number of hydrogen-bond acceptors (Lipinski definition) is 3. The van der Waals surface area contributed by atoms with Crippen molar-refractivity contribution in [3.63, 3.8) is 0 Å². The number of hydrogen-bond donors (Lipinski definition) is 1. The largest absolute Gasteiger partial charge is 0.483 e. The van der Waals surface area contributed by atoms with Crippen LogP contribution < -0.4 is 0 Å². The Bertz CT molecular complexity index is 82.5. The second kappa shape index (κ2) is 16.0. The molecule has 0 aromatic carbocycles. The van der Waals surface area contributed by atoms with E-state index in [4.69, 9.17) is 9.90 Å². The van der Waals surface area contributed by atoms with Gasteiger partial charge in [-0.25, -0.2) is 0 Å². The van der Waals surface area contributed by atoms with Crippen molar-refractivity contribution in [3.8, 4) is 0 Å². The average Bonchev–Trinajstić information content (AvgIpc) is 2.00. The number of unbranched alkanes of at least 4 members (excludes halogenated alkanes) is 2. The van der Waals surface area contributed by atoms with Crippen LogP contribution in [0.1, 0.15) is 26.2 Å². The van der Waals surface area contributed by atoms with E-state index in [0.29, 0.717) is 13.1 Å². The molecule has 4 nitrogen and oxygen atoms in total. The molecule has 4 heteroatoms. The van der Waals surface area contributed by atoms with Gasteiger partial charge in [0.2, 0.25) is 0 Å². The summed E-state index contributed by atoms with van der Waals surface area (Å²) >= 11 is 0. The zero-order valence-corrected chi connectivity index (χ0v) is 6.66. The normalized spacial score (nSPS) is 7.36. The van der Waals surface area contributed by atoms with E-state index in [9.17, 15) is 4.79 Å². The first kappa shape index (κ1) is 12.6.